The number of aliphatic imine (C=N–C) groups is 1. The van der Waals surface area contributed by atoms with E-state index in [-0.39, 0.29) is 6.04 Å². The lowest BCUT2D eigenvalue weighted by atomic mass is 9.96. The van der Waals surface area contributed by atoms with Crippen molar-refractivity contribution in [2.75, 3.05) is 13.7 Å². The molecule has 1 aliphatic rings. The van der Waals surface area contributed by atoms with Crippen LogP contribution in [0, 0.1) is 0 Å². The number of hydrogen-bond acceptors (Lipinski definition) is 5. The third-order valence-corrected chi connectivity index (χ3v) is 4.02. The number of aromatic nitrogens is 1. The van der Waals surface area contributed by atoms with Gasteiger partial charge in [-0.05, 0) is 36.8 Å². The van der Waals surface area contributed by atoms with Crippen molar-refractivity contribution in [1.29, 1.82) is 0 Å². The van der Waals surface area contributed by atoms with Crippen molar-refractivity contribution < 1.29 is 9.78 Å². The first-order valence-electron chi connectivity index (χ1n) is 7.56. The minimum absolute atomic E-state index is 0.211. The fraction of sp³-hybridized carbons (Fsp3) is 0.222. The second-order valence-corrected chi connectivity index (χ2v) is 5.79. The van der Waals surface area contributed by atoms with Crippen LogP contribution in [-0.2, 0) is 9.78 Å². The Balaban J connectivity index is 2.02. The van der Waals surface area contributed by atoms with Crippen molar-refractivity contribution in [3.05, 3.63) is 76.2 Å². The lowest BCUT2D eigenvalue weighted by Crippen LogP contribution is -2.31. The number of halogens is 1. The standard InChI is InChI=1S/C18H18ClN3O2/c1-12-15(11-24-23-2)17(13-6-5-7-14(19)10-13)22-18(21-12)16-8-3-4-9-20-16/h3-10,17H,11H2,1-2H3,(H,21,22). The molecule has 3 rings (SSSR count). The van der Waals surface area contributed by atoms with Crippen LogP contribution in [0.2, 0.25) is 5.02 Å². The fourth-order valence-corrected chi connectivity index (χ4v) is 2.80. The van der Waals surface area contributed by atoms with E-state index >= 15 is 0 Å². The molecule has 1 aromatic heterocycles. The van der Waals surface area contributed by atoms with Gasteiger partial charge in [-0.25, -0.2) is 9.78 Å². The van der Waals surface area contributed by atoms with E-state index in [1.165, 1.54) is 7.11 Å². The van der Waals surface area contributed by atoms with E-state index in [2.05, 4.69) is 10.3 Å². The lowest BCUT2D eigenvalue weighted by molar-refractivity contribution is -0.265. The molecule has 1 N–H and O–H groups in total. The monoisotopic (exact) mass is 343 g/mol. The maximum atomic E-state index is 6.16. The van der Waals surface area contributed by atoms with E-state index in [9.17, 15) is 0 Å². The molecule has 0 aliphatic carbocycles. The number of hydrogen-bond donors (Lipinski definition) is 1. The van der Waals surface area contributed by atoms with Gasteiger partial charge in [-0.3, -0.25) is 9.98 Å². The summed E-state index contributed by atoms with van der Waals surface area (Å²) in [5, 5.41) is 3.98. The number of allylic oxidation sites excluding steroid dienone is 1. The lowest BCUT2D eigenvalue weighted by Gasteiger charge is -2.26. The molecule has 0 saturated carbocycles. The SMILES string of the molecule is COOCC1=C(C)NC(c2ccccn2)=NC1c1cccc(Cl)c1. The zero-order chi connectivity index (χ0) is 16.9. The molecule has 1 aliphatic heterocycles. The number of amidine groups is 1. The van der Waals surface area contributed by atoms with E-state index in [1.807, 2.05) is 49.4 Å². The van der Waals surface area contributed by atoms with Crippen molar-refractivity contribution in [3.63, 3.8) is 0 Å². The Kier molecular flexibility index (Phi) is 5.25. The summed E-state index contributed by atoms with van der Waals surface area (Å²) in [5.41, 5.74) is 3.73. The molecule has 0 amide bonds. The van der Waals surface area contributed by atoms with Gasteiger partial charge in [0.15, 0.2) is 5.84 Å². The molecule has 5 nitrogen and oxygen atoms in total. The van der Waals surface area contributed by atoms with Gasteiger partial charge < -0.3 is 5.32 Å². The van der Waals surface area contributed by atoms with Crippen LogP contribution in [-0.4, -0.2) is 24.5 Å². The molecule has 1 aromatic carbocycles. The van der Waals surface area contributed by atoms with Crippen molar-refractivity contribution >= 4 is 17.4 Å². The summed E-state index contributed by atoms with van der Waals surface area (Å²) in [7, 11) is 1.49. The average molecular weight is 344 g/mol. The Bertz CT molecular complexity index is 775. The molecule has 0 fully saturated rings. The van der Waals surface area contributed by atoms with Gasteiger partial charge in [-0.15, -0.1) is 0 Å². The van der Waals surface area contributed by atoms with Crippen molar-refractivity contribution in [1.82, 2.24) is 10.3 Å². The molecule has 1 unspecified atom stereocenters. The van der Waals surface area contributed by atoms with Crippen LogP contribution in [0.15, 0.2) is 64.9 Å². The summed E-state index contributed by atoms with van der Waals surface area (Å²) < 4.78 is 0. The highest BCUT2D eigenvalue weighted by atomic mass is 35.5. The molecule has 0 saturated heterocycles. The molecule has 0 radical (unpaired) electrons. The van der Waals surface area contributed by atoms with Crippen molar-refractivity contribution in [3.8, 4) is 0 Å². The van der Waals surface area contributed by atoms with Gasteiger partial charge >= 0.3 is 0 Å². The van der Waals surface area contributed by atoms with Crippen LogP contribution in [0.3, 0.4) is 0 Å². The van der Waals surface area contributed by atoms with Crippen molar-refractivity contribution in [2.24, 2.45) is 4.99 Å². The summed E-state index contributed by atoms with van der Waals surface area (Å²) in [6, 6.07) is 13.2. The maximum Gasteiger partial charge on any atom is 0.152 e. The van der Waals surface area contributed by atoms with E-state index in [0.29, 0.717) is 11.6 Å². The molecule has 2 heterocycles. The van der Waals surface area contributed by atoms with Gasteiger partial charge in [0, 0.05) is 22.5 Å². The largest absolute Gasteiger partial charge is 0.342 e. The molecule has 0 spiro atoms. The Hall–Kier alpha value is -2.21. The predicted octanol–water partition coefficient (Wildman–Crippen LogP) is 3.68. The molecule has 0 bridgehead atoms. The highest BCUT2D eigenvalue weighted by Crippen LogP contribution is 2.32. The van der Waals surface area contributed by atoms with Gasteiger partial charge in [-0.1, -0.05) is 29.8 Å². The summed E-state index contributed by atoms with van der Waals surface area (Å²) >= 11 is 6.16. The fourth-order valence-electron chi connectivity index (χ4n) is 2.60. The summed E-state index contributed by atoms with van der Waals surface area (Å²) in [6.07, 6.45) is 1.75. The first-order valence-corrected chi connectivity index (χ1v) is 7.94. The molecular weight excluding hydrogens is 326 g/mol. The Morgan fingerprint density at radius 3 is 2.79 bits per heavy atom. The molecule has 2 aromatic rings. The van der Waals surface area contributed by atoms with Gasteiger partial charge in [0.2, 0.25) is 0 Å². The highest BCUT2D eigenvalue weighted by Gasteiger charge is 2.25. The van der Waals surface area contributed by atoms with Crippen molar-refractivity contribution in [2.45, 2.75) is 13.0 Å². The number of nitrogens with one attached hydrogen (secondary N) is 1. The average Bonchev–Trinajstić information content (AvgIpc) is 2.61. The summed E-state index contributed by atoms with van der Waals surface area (Å²) in [4.78, 5) is 19.1. The quantitative estimate of drug-likeness (QED) is 0.664. The van der Waals surface area contributed by atoms with Gasteiger partial charge in [0.1, 0.15) is 18.3 Å². The molecule has 6 heteroatoms. The van der Waals surface area contributed by atoms with Crippen LogP contribution >= 0.6 is 11.6 Å². The third-order valence-electron chi connectivity index (χ3n) is 3.78. The Morgan fingerprint density at radius 1 is 1.21 bits per heavy atom. The van der Waals surface area contributed by atoms with E-state index in [1.54, 1.807) is 6.20 Å². The minimum Gasteiger partial charge on any atom is -0.342 e. The maximum absolute atomic E-state index is 6.16. The van der Waals surface area contributed by atoms with Crippen LogP contribution < -0.4 is 5.32 Å². The number of rotatable bonds is 5. The molecule has 1 atom stereocenters. The minimum atomic E-state index is -0.211. The third kappa shape index (κ3) is 3.64. The first kappa shape index (κ1) is 16.6. The van der Waals surface area contributed by atoms with E-state index < -0.39 is 0 Å². The van der Waals surface area contributed by atoms with Crippen LogP contribution in [0.1, 0.15) is 24.2 Å². The molecule has 124 valence electrons. The predicted molar refractivity (Wildman–Crippen MR) is 93.8 cm³/mol. The van der Waals surface area contributed by atoms with Crippen LogP contribution in [0.25, 0.3) is 0 Å². The number of pyridine rings is 1. The van der Waals surface area contributed by atoms with Crippen LogP contribution in [0.4, 0.5) is 0 Å². The summed E-state index contributed by atoms with van der Waals surface area (Å²) in [6.45, 7) is 2.30. The molecule has 24 heavy (non-hydrogen) atoms. The Morgan fingerprint density at radius 2 is 2.08 bits per heavy atom. The summed E-state index contributed by atoms with van der Waals surface area (Å²) in [5.74, 6) is 0.722. The topological polar surface area (TPSA) is 55.7 Å². The number of benzene rings is 1. The van der Waals surface area contributed by atoms with E-state index in [0.717, 1.165) is 28.4 Å². The highest BCUT2D eigenvalue weighted by molar-refractivity contribution is 6.30. The Labute approximate surface area is 145 Å². The van der Waals surface area contributed by atoms with Gasteiger partial charge in [0.25, 0.3) is 0 Å². The number of nitrogens with zero attached hydrogens (tertiary/aromatic N) is 2. The van der Waals surface area contributed by atoms with Gasteiger partial charge in [-0.2, -0.15) is 0 Å². The smallest absolute Gasteiger partial charge is 0.152 e. The first-order chi connectivity index (χ1) is 11.7. The zero-order valence-electron chi connectivity index (χ0n) is 13.5. The zero-order valence-corrected chi connectivity index (χ0v) is 14.2. The second kappa shape index (κ2) is 7.57. The van der Waals surface area contributed by atoms with Crippen LogP contribution in [0.5, 0.6) is 0 Å². The normalized spacial score (nSPS) is 17.5. The second-order valence-electron chi connectivity index (χ2n) is 5.35. The van der Waals surface area contributed by atoms with E-state index in [4.69, 9.17) is 26.4 Å². The van der Waals surface area contributed by atoms with Gasteiger partial charge in [0.05, 0.1) is 7.11 Å². The molecular formula is C18H18ClN3O2.